The van der Waals surface area contributed by atoms with Gasteiger partial charge in [-0.25, -0.2) is 0 Å². The molecule has 0 atom stereocenters. The summed E-state index contributed by atoms with van der Waals surface area (Å²) >= 11 is 0. The lowest BCUT2D eigenvalue weighted by molar-refractivity contribution is -0.0407. The summed E-state index contributed by atoms with van der Waals surface area (Å²) in [4.78, 5) is 4.47. The number of nitriles is 1. The topological polar surface area (TPSA) is 45.9 Å². The van der Waals surface area contributed by atoms with Crippen LogP contribution in [-0.4, -0.2) is 10.6 Å². The third-order valence-electron chi connectivity index (χ3n) is 3.63. The predicted octanol–water partition coefficient (Wildman–Crippen LogP) is 2.68. The van der Waals surface area contributed by atoms with Crippen LogP contribution in [0.1, 0.15) is 55.0 Å². The Labute approximate surface area is 101 Å². The summed E-state index contributed by atoms with van der Waals surface area (Å²) in [7, 11) is 0. The molecule has 3 rings (SSSR count). The maximum Gasteiger partial charge on any atom is 0.101 e. The van der Waals surface area contributed by atoms with E-state index < -0.39 is 0 Å². The van der Waals surface area contributed by atoms with E-state index in [2.05, 4.69) is 24.9 Å². The maximum atomic E-state index is 9.18. The average Bonchev–Trinajstić information content (AvgIpc) is 3.10. The molecule has 0 spiro atoms. The van der Waals surface area contributed by atoms with Crippen molar-refractivity contribution in [2.24, 2.45) is 0 Å². The Balaban J connectivity index is 2.12. The molecule has 0 N–H and O–H groups in total. The Bertz CT molecular complexity index is 510. The van der Waals surface area contributed by atoms with Crippen molar-refractivity contribution in [1.82, 2.24) is 4.98 Å². The van der Waals surface area contributed by atoms with Crippen LogP contribution in [0, 0.1) is 11.3 Å². The van der Waals surface area contributed by atoms with Crippen molar-refractivity contribution >= 4 is 0 Å². The van der Waals surface area contributed by atoms with Gasteiger partial charge in [0.25, 0.3) is 0 Å². The second kappa shape index (κ2) is 3.54. The second-order valence-corrected chi connectivity index (χ2v) is 5.63. The van der Waals surface area contributed by atoms with Crippen LogP contribution in [0.4, 0.5) is 0 Å². The van der Waals surface area contributed by atoms with Crippen LogP contribution >= 0.6 is 0 Å². The van der Waals surface area contributed by atoms with Gasteiger partial charge in [-0.05, 0) is 32.3 Å². The van der Waals surface area contributed by atoms with Crippen molar-refractivity contribution < 1.29 is 4.74 Å². The Morgan fingerprint density at radius 2 is 2.18 bits per heavy atom. The van der Waals surface area contributed by atoms with Gasteiger partial charge >= 0.3 is 0 Å². The first-order valence-corrected chi connectivity index (χ1v) is 6.15. The number of fused-ring (bicyclic) bond motifs is 1. The Morgan fingerprint density at radius 3 is 2.82 bits per heavy atom. The first kappa shape index (κ1) is 10.7. The van der Waals surface area contributed by atoms with E-state index in [0.29, 0.717) is 12.5 Å². The molecule has 1 saturated carbocycles. The van der Waals surface area contributed by atoms with Crippen LogP contribution in [0.3, 0.4) is 0 Å². The van der Waals surface area contributed by atoms with E-state index >= 15 is 0 Å². The molecule has 3 heteroatoms. The van der Waals surface area contributed by atoms with Crippen molar-refractivity contribution in [2.45, 2.75) is 51.2 Å². The summed E-state index contributed by atoms with van der Waals surface area (Å²) in [6, 6.07) is 2.26. The zero-order valence-corrected chi connectivity index (χ0v) is 10.3. The summed E-state index contributed by atoms with van der Waals surface area (Å²) in [6.45, 7) is 4.76. The first-order chi connectivity index (χ1) is 8.11. The zero-order valence-electron chi connectivity index (χ0n) is 10.3. The Morgan fingerprint density at radius 1 is 1.41 bits per heavy atom. The number of hydrogen-bond donors (Lipinski definition) is 0. The third-order valence-corrected chi connectivity index (χ3v) is 3.63. The van der Waals surface area contributed by atoms with Crippen molar-refractivity contribution in [1.29, 1.82) is 5.26 Å². The van der Waals surface area contributed by atoms with Gasteiger partial charge in [-0.2, -0.15) is 5.26 Å². The van der Waals surface area contributed by atoms with Gasteiger partial charge in [0.2, 0.25) is 0 Å². The van der Waals surface area contributed by atoms with E-state index in [-0.39, 0.29) is 5.60 Å². The highest BCUT2D eigenvalue weighted by atomic mass is 16.5. The van der Waals surface area contributed by atoms with Crippen LogP contribution in [0.2, 0.25) is 0 Å². The van der Waals surface area contributed by atoms with Crippen LogP contribution < -0.4 is 0 Å². The summed E-state index contributed by atoms with van der Waals surface area (Å²) < 4.78 is 5.86. The molecule has 0 radical (unpaired) electrons. The van der Waals surface area contributed by atoms with Gasteiger partial charge in [-0.3, -0.25) is 4.98 Å². The minimum absolute atomic E-state index is 0.166. The van der Waals surface area contributed by atoms with Crippen molar-refractivity contribution in [3.05, 3.63) is 28.6 Å². The summed E-state index contributed by atoms with van der Waals surface area (Å²) in [6.07, 6.45) is 5.02. The molecular weight excluding hydrogens is 212 g/mol. The molecule has 2 aliphatic rings. The summed E-state index contributed by atoms with van der Waals surface area (Å²) in [5, 5.41) is 9.18. The number of aromatic nitrogens is 1. The molecule has 0 unspecified atom stereocenters. The molecule has 0 aromatic carbocycles. The van der Waals surface area contributed by atoms with Gasteiger partial charge in [0.1, 0.15) is 6.07 Å². The molecular formula is C14H16N2O. The summed E-state index contributed by atoms with van der Waals surface area (Å²) in [5.41, 5.74) is 4.09. The Hall–Kier alpha value is -1.40. The molecule has 17 heavy (non-hydrogen) atoms. The van der Waals surface area contributed by atoms with E-state index in [9.17, 15) is 5.26 Å². The monoisotopic (exact) mass is 228 g/mol. The lowest BCUT2D eigenvalue weighted by Gasteiger charge is -2.33. The van der Waals surface area contributed by atoms with E-state index in [1.807, 2.05) is 0 Å². The molecule has 1 fully saturated rings. The van der Waals surface area contributed by atoms with Gasteiger partial charge in [0.15, 0.2) is 0 Å². The van der Waals surface area contributed by atoms with Crippen molar-refractivity contribution in [2.75, 3.05) is 0 Å². The Kier molecular flexibility index (Phi) is 2.24. The molecule has 1 aliphatic heterocycles. The fourth-order valence-electron chi connectivity index (χ4n) is 2.52. The predicted molar refractivity (Wildman–Crippen MR) is 63.5 cm³/mol. The highest BCUT2D eigenvalue weighted by Gasteiger charge is 2.34. The molecule has 88 valence electrons. The van der Waals surface area contributed by atoms with E-state index in [1.54, 1.807) is 6.20 Å². The highest BCUT2D eigenvalue weighted by Crippen LogP contribution is 2.43. The minimum Gasteiger partial charge on any atom is -0.370 e. The normalized spacial score (nSPS) is 21.7. The fraction of sp³-hybridized carbons (Fsp3) is 0.571. The third kappa shape index (κ3) is 1.83. The van der Waals surface area contributed by atoms with Gasteiger partial charge < -0.3 is 4.74 Å². The van der Waals surface area contributed by atoms with Gasteiger partial charge in [-0.1, -0.05) is 0 Å². The SMILES string of the molecule is CC1(C)Cc2c(C#N)cnc(C3CC3)c2CO1. The smallest absolute Gasteiger partial charge is 0.101 e. The van der Waals surface area contributed by atoms with Crippen molar-refractivity contribution in [3.63, 3.8) is 0 Å². The number of rotatable bonds is 1. The minimum atomic E-state index is -0.166. The van der Waals surface area contributed by atoms with E-state index in [1.165, 1.54) is 29.7 Å². The van der Waals surface area contributed by atoms with Crippen LogP contribution in [-0.2, 0) is 17.8 Å². The standard InChI is InChI=1S/C14H16N2O/c1-14(2)5-11-10(6-15)7-16-13(9-3-4-9)12(11)8-17-14/h7,9H,3-5,8H2,1-2H3. The molecule has 0 saturated heterocycles. The quantitative estimate of drug-likeness (QED) is 0.742. The molecule has 0 bridgehead atoms. The molecule has 1 aliphatic carbocycles. The largest absolute Gasteiger partial charge is 0.370 e. The number of ether oxygens (including phenoxy) is 1. The number of nitrogens with zero attached hydrogens (tertiary/aromatic N) is 2. The van der Waals surface area contributed by atoms with Crippen LogP contribution in [0.5, 0.6) is 0 Å². The van der Waals surface area contributed by atoms with Crippen LogP contribution in [0.15, 0.2) is 6.20 Å². The lowest BCUT2D eigenvalue weighted by Crippen LogP contribution is -2.33. The lowest BCUT2D eigenvalue weighted by atomic mass is 9.88. The van der Waals surface area contributed by atoms with E-state index in [4.69, 9.17) is 4.74 Å². The number of pyridine rings is 1. The van der Waals surface area contributed by atoms with E-state index in [0.717, 1.165) is 12.0 Å². The maximum absolute atomic E-state index is 9.18. The summed E-state index contributed by atoms with van der Waals surface area (Å²) in [5.74, 6) is 0.612. The molecule has 1 aromatic rings. The molecule has 0 amide bonds. The highest BCUT2D eigenvalue weighted by molar-refractivity contribution is 5.46. The molecule has 3 nitrogen and oxygen atoms in total. The number of hydrogen-bond acceptors (Lipinski definition) is 3. The van der Waals surface area contributed by atoms with Crippen molar-refractivity contribution in [3.8, 4) is 6.07 Å². The second-order valence-electron chi connectivity index (χ2n) is 5.63. The molecule has 1 aromatic heterocycles. The van der Waals surface area contributed by atoms with Gasteiger partial charge in [0, 0.05) is 29.8 Å². The average molecular weight is 228 g/mol. The molecule has 2 heterocycles. The van der Waals surface area contributed by atoms with Gasteiger partial charge in [-0.15, -0.1) is 0 Å². The first-order valence-electron chi connectivity index (χ1n) is 6.15. The fourth-order valence-corrected chi connectivity index (χ4v) is 2.52. The van der Waals surface area contributed by atoms with Crippen LogP contribution in [0.25, 0.3) is 0 Å². The zero-order chi connectivity index (χ0) is 12.0. The van der Waals surface area contributed by atoms with Gasteiger partial charge in [0.05, 0.1) is 17.8 Å².